The van der Waals surface area contributed by atoms with Gasteiger partial charge >= 0.3 is 0 Å². The Morgan fingerprint density at radius 2 is 1.79 bits per heavy atom. The van der Waals surface area contributed by atoms with Crippen LogP contribution in [0.1, 0.15) is 64.6 Å². The lowest BCUT2D eigenvalue weighted by Crippen LogP contribution is -2.31. The van der Waals surface area contributed by atoms with E-state index in [4.69, 9.17) is 0 Å². The average molecular weight is 436 g/mol. The zero-order valence-corrected chi connectivity index (χ0v) is 18.9. The van der Waals surface area contributed by atoms with Crippen LogP contribution in [0.15, 0.2) is 66.7 Å². The molecule has 6 rings (SSSR count). The van der Waals surface area contributed by atoms with Gasteiger partial charge in [-0.05, 0) is 78.6 Å². The highest BCUT2D eigenvalue weighted by Crippen LogP contribution is 2.38. The van der Waals surface area contributed by atoms with Crippen LogP contribution < -0.4 is 10.6 Å². The van der Waals surface area contributed by atoms with E-state index in [1.165, 1.54) is 45.3 Å². The van der Waals surface area contributed by atoms with E-state index >= 15 is 0 Å². The summed E-state index contributed by atoms with van der Waals surface area (Å²) in [5.41, 5.74) is 9.69. The summed E-state index contributed by atoms with van der Waals surface area (Å²) in [4.78, 5) is 15.9. The Labute approximate surface area is 194 Å². The van der Waals surface area contributed by atoms with Crippen molar-refractivity contribution >= 4 is 16.8 Å². The number of aromatic amines is 1. The second-order valence-electron chi connectivity index (χ2n) is 9.40. The summed E-state index contributed by atoms with van der Waals surface area (Å²) in [5.74, 6) is 0.0428. The molecule has 2 aliphatic rings. The van der Waals surface area contributed by atoms with Crippen molar-refractivity contribution < 1.29 is 4.79 Å². The van der Waals surface area contributed by atoms with E-state index in [9.17, 15) is 4.79 Å². The van der Waals surface area contributed by atoms with E-state index in [1.54, 1.807) is 0 Å². The minimum absolute atomic E-state index is 0.0428. The molecule has 2 unspecified atom stereocenters. The molecule has 0 spiro atoms. The summed E-state index contributed by atoms with van der Waals surface area (Å²) in [6.07, 6.45) is 4.35. The Balaban J connectivity index is 1.34. The second kappa shape index (κ2) is 8.20. The molecule has 0 saturated heterocycles. The number of aromatic nitrogens is 1. The Bertz CT molecular complexity index is 1340. The van der Waals surface area contributed by atoms with E-state index in [1.807, 2.05) is 6.07 Å². The number of hydrogen-bond donors (Lipinski definition) is 3. The van der Waals surface area contributed by atoms with Crippen LogP contribution >= 0.6 is 0 Å². The molecule has 1 aromatic heterocycles. The highest BCUT2D eigenvalue weighted by Gasteiger charge is 2.26. The largest absolute Gasteiger partial charge is 0.357 e. The van der Waals surface area contributed by atoms with Gasteiger partial charge in [-0.25, -0.2) is 0 Å². The van der Waals surface area contributed by atoms with Crippen molar-refractivity contribution in [2.45, 2.75) is 44.7 Å². The van der Waals surface area contributed by atoms with E-state index in [0.717, 1.165) is 36.9 Å². The van der Waals surface area contributed by atoms with Gasteiger partial charge in [0.05, 0.1) is 0 Å². The van der Waals surface area contributed by atoms with Gasteiger partial charge in [-0.2, -0.15) is 0 Å². The molecular weight excluding hydrogens is 406 g/mol. The van der Waals surface area contributed by atoms with Crippen LogP contribution in [0, 0.1) is 0 Å². The van der Waals surface area contributed by atoms with Crippen LogP contribution in [0.4, 0.5) is 0 Å². The van der Waals surface area contributed by atoms with Crippen molar-refractivity contribution in [2.24, 2.45) is 0 Å². The van der Waals surface area contributed by atoms with Crippen molar-refractivity contribution in [3.63, 3.8) is 0 Å². The van der Waals surface area contributed by atoms with Gasteiger partial charge in [-0.15, -0.1) is 0 Å². The monoisotopic (exact) mass is 435 g/mol. The predicted molar refractivity (Wildman–Crippen MR) is 133 cm³/mol. The van der Waals surface area contributed by atoms with E-state index < -0.39 is 0 Å². The Kier molecular flexibility index (Phi) is 5.03. The number of rotatable bonds is 4. The summed E-state index contributed by atoms with van der Waals surface area (Å²) < 4.78 is 0. The fourth-order valence-electron chi connectivity index (χ4n) is 5.56. The molecule has 166 valence electrons. The highest BCUT2D eigenvalue weighted by molar-refractivity contribution is 5.97. The van der Waals surface area contributed by atoms with E-state index in [2.05, 4.69) is 83.2 Å². The average Bonchev–Trinajstić information content (AvgIpc) is 3.23. The van der Waals surface area contributed by atoms with Gasteiger partial charge in [-0.3, -0.25) is 4.79 Å². The number of benzene rings is 3. The smallest absolute Gasteiger partial charge is 0.251 e. The van der Waals surface area contributed by atoms with Gasteiger partial charge in [0.1, 0.15) is 0 Å². The quantitative estimate of drug-likeness (QED) is 0.377. The lowest BCUT2D eigenvalue weighted by Gasteiger charge is -2.27. The van der Waals surface area contributed by atoms with Gasteiger partial charge in [0.2, 0.25) is 0 Å². The van der Waals surface area contributed by atoms with Crippen LogP contribution in [-0.2, 0) is 12.8 Å². The molecule has 0 saturated carbocycles. The van der Waals surface area contributed by atoms with Crippen LogP contribution in [0.25, 0.3) is 22.0 Å². The van der Waals surface area contributed by atoms with Crippen molar-refractivity contribution in [2.75, 3.05) is 6.54 Å². The summed E-state index contributed by atoms with van der Waals surface area (Å²) in [6, 6.07) is 24.3. The molecule has 1 amide bonds. The first kappa shape index (κ1) is 20.3. The molecule has 33 heavy (non-hydrogen) atoms. The molecule has 2 heterocycles. The summed E-state index contributed by atoms with van der Waals surface area (Å²) in [5, 5.41) is 8.13. The maximum atomic E-state index is 12.1. The maximum Gasteiger partial charge on any atom is 0.251 e. The summed E-state index contributed by atoms with van der Waals surface area (Å²) >= 11 is 0. The standard InChI is InChI=1S/C29H29N3O/c1-18(19-6-3-2-4-7-19)31-27-9-5-8-24-25-17-21(11-13-26(25)32-28(24)27)20-10-12-23-22(16-20)14-15-30-29(23)33/h2-4,6-7,10-13,16-18,27,31-32H,5,8-9,14-15H2,1H3,(H,30,33). The van der Waals surface area contributed by atoms with E-state index in [-0.39, 0.29) is 5.91 Å². The van der Waals surface area contributed by atoms with Crippen LogP contribution in [0.2, 0.25) is 0 Å². The van der Waals surface area contributed by atoms with Crippen LogP contribution in [-0.4, -0.2) is 17.4 Å². The number of hydrogen-bond acceptors (Lipinski definition) is 2. The fraction of sp³-hybridized carbons (Fsp3) is 0.276. The number of H-pyrrole nitrogens is 1. The number of nitrogens with one attached hydrogen (secondary N) is 3. The molecular formula is C29H29N3O. The normalized spacial score (nSPS) is 18.5. The minimum Gasteiger partial charge on any atom is -0.357 e. The van der Waals surface area contributed by atoms with Gasteiger partial charge in [0, 0.05) is 40.8 Å². The first-order valence-electron chi connectivity index (χ1n) is 12.0. The van der Waals surface area contributed by atoms with Crippen molar-refractivity contribution in [3.8, 4) is 11.1 Å². The zero-order valence-electron chi connectivity index (χ0n) is 18.9. The number of fused-ring (bicyclic) bond motifs is 4. The lowest BCUT2D eigenvalue weighted by molar-refractivity contribution is 0.0946. The number of carbonyl (C=O) groups excluding carboxylic acids is 1. The summed E-state index contributed by atoms with van der Waals surface area (Å²) in [7, 11) is 0. The van der Waals surface area contributed by atoms with Crippen molar-refractivity contribution in [1.29, 1.82) is 0 Å². The first-order chi connectivity index (χ1) is 16.2. The molecule has 0 radical (unpaired) electrons. The van der Waals surface area contributed by atoms with Crippen LogP contribution in [0.3, 0.4) is 0 Å². The maximum absolute atomic E-state index is 12.1. The third-order valence-corrected chi connectivity index (χ3v) is 7.32. The SMILES string of the molecule is CC(NC1CCCc2c1[nH]c1ccc(-c3ccc4c(c3)CCNC4=O)cc21)c1ccccc1. The molecule has 0 fully saturated rings. The number of amides is 1. The van der Waals surface area contributed by atoms with E-state index in [0.29, 0.717) is 12.1 Å². The zero-order chi connectivity index (χ0) is 22.4. The molecule has 2 atom stereocenters. The Hall–Kier alpha value is -3.37. The molecule has 1 aliphatic carbocycles. The summed E-state index contributed by atoms with van der Waals surface area (Å²) in [6.45, 7) is 2.97. The van der Waals surface area contributed by atoms with Crippen molar-refractivity contribution in [3.05, 3.63) is 94.7 Å². The van der Waals surface area contributed by atoms with Crippen LogP contribution in [0.5, 0.6) is 0 Å². The lowest BCUT2D eigenvalue weighted by atomic mass is 9.89. The number of carbonyl (C=O) groups is 1. The first-order valence-corrected chi connectivity index (χ1v) is 12.0. The molecule has 0 bridgehead atoms. The Morgan fingerprint density at radius 3 is 2.67 bits per heavy atom. The molecule has 4 nitrogen and oxygen atoms in total. The minimum atomic E-state index is 0.0428. The van der Waals surface area contributed by atoms with Gasteiger partial charge < -0.3 is 15.6 Å². The third-order valence-electron chi connectivity index (χ3n) is 7.32. The predicted octanol–water partition coefficient (Wildman–Crippen LogP) is 5.85. The second-order valence-corrected chi connectivity index (χ2v) is 9.40. The topological polar surface area (TPSA) is 56.9 Å². The van der Waals surface area contributed by atoms with Gasteiger partial charge in [0.25, 0.3) is 5.91 Å². The molecule has 1 aliphatic heterocycles. The Morgan fingerprint density at radius 1 is 0.970 bits per heavy atom. The molecule has 4 aromatic rings. The van der Waals surface area contributed by atoms with Gasteiger partial charge in [0.15, 0.2) is 0 Å². The van der Waals surface area contributed by atoms with Gasteiger partial charge in [-0.1, -0.05) is 48.5 Å². The molecule has 3 N–H and O–H groups in total. The van der Waals surface area contributed by atoms with Crippen molar-refractivity contribution in [1.82, 2.24) is 15.6 Å². The number of aryl methyl sites for hydroxylation is 1. The molecule has 4 heteroatoms. The third kappa shape index (κ3) is 3.65. The fourth-order valence-corrected chi connectivity index (χ4v) is 5.56. The highest BCUT2D eigenvalue weighted by atomic mass is 16.1. The molecule has 3 aromatic carbocycles.